The van der Waals surface area contributed by atoms with Crippen LogP contribution in [0.5, 0.6) is 0 Å². The Bertz CT molecular complexity index is 953. The van der Waals surface area contributed by atoms with Gasteiger partial charge in [-0.3, -0.25) is 9.69 Å². The minimum absolute atomic E-state index is 0.158. The molecule has 1 N–H and O–H groups in total. The van der Waals surface area contributed by atoms with Gasteiger partial charge in [-0.25, -0.2) is 17.6 Å². The molecule has 1 atom stereocenters. The van der Waals surface area contributed by atoms with Crippen LogP contribution in [-0.2, 0) is 26.0 Å². The predicted octanol–water partition coefficient (Wildman–Crippen LogP) is 0.917. The summed E-state index contributed by atoms with van der Waals surface area (Å²) in [4.78, 5) is 24.2. The number of thiol groups is 1. The summed E-state index contributed by atoms with van der Waals surface area (Å²) in [5.74, 6) is -1.11. The van der Waals surface area contributed by atoms with Crippen LogP contribution in [0.3, 0.4) is 0 Å². The van der Waals surface area contributed by atoms with E-state index in [2.05, 4.69) is 15.5 Å². The minimum Gasteiger partial charge on any atom is -0.442 e. The quantitative estimate of drug-likeness (QED) is 0.675. The Kier molecular flexibility index (Phi) is 5.65. The predicted molar refractivity (Wildman–Crippen MR) is 95.6 cm³/mol. The van der Waals surface area contributed by atoms with Crippen LogP contribution < -0.4 is 10.2 Å². The van der Waals surface area contributed by atoms with Crippen molar-refractivity contribution in [2.24, 2.45) is 0 Å². The maximum atomic E-state index is 14.5. The highest BCUT2D eigenvalue weighted by molar-refractivity contribution is 7.71. The molecule has 12 heteroatoms. The summed E-state index contributed by atoms with van der Waals surface area (Å²) >= 11 is 0.985. The SMILES string of the molecule is CC(=O)NC[C@H]1CN(c2ccc(-c3nnc(C[SH](=O)=O)s3)c(F)c2)C(=O)O1. The average molecular weight is 414 g/mol. The lowest BCUT2D eigenvalue weighted by atomic mass is 10.2. The molecule has 144 valence electrons. The van der Waals surface area contributed by atoms with E-state index in [4.69, 9.17) is 4.74 Å². The smallest absolute Gasteiger partial charge is 0.414 e. The highest BCUT2D eigenvalue weighted by Gasteiger charge is 2.32. The summed E-state index contributed by atoms with van der Waals surface area (Å²) in [6.45, 7) is 1.71. The number of hydrogen-bond donors (Lipinski definition) is 2. The molecule has 1 fully saturated rings. The Labute approximate surface area is 159 Å². The van der Waals surface area contributed by atoms with Crippen LogP contribution in [0.2, 0.25) is 0 Å². The monoisotopic (exact) mass is 414 g/mol. The van der Waals surface area contributed by atoms with Crippen molar-refractivity contribution < 1.29 is 27.1 Å². The van der Waals surface area contributed by atoms with Crippen molar-refractivity contribution in [1.29, 1.82) is 0 Å². The fourth-order valence-corrected chi connectivity index (χ4v) is 4.00. The second kappa shape index (κ2) is 7.96. The second-order valence-electron chi connectivity index (χ2n) is 5.71. The summed E-state index contributed by atoms with van der Waals surface area (Å²) in [7, 11) is -2.64. The van der Waals surface area contributed by atoms with Gasteiger partial charge in [0.25, 0.3) is 0 Å². The summed E-state index contributed by atoms with van der Waals surface area (Å²) in [5, 5.41) is 10.6. The molecule has 27 heavy (non-hydrogen) atoms. The first-order chi connectivity index (χ1) is 12.8. The molecule has 0 spiro atoms. The van der Waals surface area contributed by atoms with E-state index in [0.29, 0.717) is 5.69 Å². The number of halogens is 1. The van der Waals surface area contributed by atoms with Crippen LogP contribution in [0.25, 0.3) is 10.6 Å². The van der Waals surface area contributed by atoms with E-state index in [0.717, 1.165) is 11.3 Å². The lowest BCUT2D eigenvalue weighted by molar-refractivity contribution is -0.119. The Morgan fingerprint density at radius 3 is 2.89 bits per heavy atom. The molecule has 2 aromatic rings. The van der Waals surface area contributed by atoms with Crippen molar-refractivity contribution in [1.82, 2.24) is 15.5 Å². The lowest BCUT2D eigenvalue weighted by Crippen LogP contribution is -2.33. The summed E-state index contributed by atoms with van der Waals surface area (Å²) in [5.41, 5.74) is 0.463. The zero-order valence-electron chi connectivity index (χ0n) is 14.0. The van der Waals surface area contributed by atoms with Crippen molar-refractivity contribution in [3.05, 3.63) is 29.0 Å². The average Bonchev–Trinajstić information content (AvgIpc) is 3.19. The normalized spacial score (nSPS) is 16.6. The lowest BCUT2D eigenvalue weighted by Gasteiger charge is -2.14. The number of nitrogens with zero attached hydrogens (tertiary/aromatic N) is 3. The molecule has 1 aromatic heterocycles. The van der Waals surface area contributed by atoms with Crippen molar-refractivity contribution in [2.75, 3.05) is 18.0 Å². The molecule has 2 amide bonds. The number of anilines is 1. The van der Waals surface area contributed by atoms with E-state index < -0.39 is 28.7 Å². The molecule has 1 aliphatic heterocycles. The first-order valence-corrected chi connectivity index (χ1v) is 9.98. The van der Waals surface area contributed by atoms with Crippen LogP contribution in [0.1, 0.15) is 11.9 Å². The number of nitrogens with one attached hydrogen (secondary N) is 1. The number of cyclic esters (lactones) is 1. The summed E-state index contributed by atoms with van der Waals surface area (Å²) in [6, 6.07) is 4.16. The van der Waals surface area contributed by atoms with E-state index in [9.17, 15) is 22.4 Å². The zero-order valence-corrected chi connectivity index (χ0v) is 15.8. The van der Waals surface area contributed by atoms with Gasteiger partial charge >= 0.3 is 6.09 Å². The third kappa shape index (κ3) is 4.57. The van der Waals surface area contributed by atoms with E-state index >= 15 is 0 Å². The van der Waals surface area contributed by atoms with Gasteiger partial charge < -0.3 is 10.1 Å². The molecule has 3 rings (SSSR count). The van der Waals surface area contributed by atoms with Crippen molar-refractivity contribution in [3.63, 3.8) is 0 Å². The maximum Gasteiger partial charge on any atom is 0.414 e. The number of hydrogen-bond acceptors (Lipinski definition) is 8. The third-order valence-corrected chi connectivity index (χ3v) is 5.41. The standard InChI is InChI=1S/C15H15FN4O5S2/c1-8(21)17-5-10-6-20(15(22)25-10)9-2-3-11(12(16)4-9)14-19-18-13(26-14)7-27(23)24/h2-4,10,27H,5-7H2,1H3,(H,17,21)/t10-/m0/s1. The first-order valence-electron chi connectivity index (χ1n) is 7.80. The molecule has 2 heterocycles. The number of ether oxygens (including phenoxy) is 1. The Balaban J connectivity index is 1.75. The molecule has 0 unspecified atom stereocenters. The molecular formula is C15H15FN4O5S2. The summed E-state index contributed by atoms with van der Waals surface area (Å²) in [6.07, 6.45) is -1.15. The zero-order chi connectivity index (χ0) is 19.6. The fourth-order valence-electron chi connectivity index (χ4n) is 2.48. The molecule has 0 aliphatic carbocycles. The van der Waals surface area contributed by atoms with Crippen LogP contribution in [0.4, 0.5) is 14.9 Å². The first kappa shape index (κ1) is 19.2. The van der Waals surface area contributed by atoms with E-state index in [1.54, 1.807) is 0 Å². The van der Waals surface area contributed by atoms with Gasteiger partial charge in [-0.2, -0.15) is 0 Å². The van der Waals surface area contributed by atoms with Crippen molar-refractivity contribution in [2.45, 2.75) is 18.8 Å². The Morgan fingerprint density at radius 1 is 1.44 bits per heavy atom. The van der Waals surface area contributed by atoms with E-state index in [1.165, 1.54) is 30.0 Å². The van der Waals surface area contributed by atoms with Crippen LogP contribution >= 0.6 is 11.3 Å². The number of rotatable bonds is 6. The van der Waals surface area contributed by atoms with Gasteiger partial charge in [-0.05, 0) is 18.2 Å². The Hall–Kier alpha value is -2.60. The molecule has 1 aromatic carbocycles. The van der Waals surface area contributed by atoms with Crippen molar-refractivity contribution in [3.8, 4) is 10.6 Å². The fraction of sp³-hybridized carbons (Fsp3) is 0.333. The van der Waals surface area contributed by atoms with E-state index in [-0.39, 0.29) is 40.3 Å². The third-order valence-electron chi connectivity index (χ3n) is 3.68. The van der Waals surface area contributed by atoms with Crippen molar-refractivity contribution >= 4 is 39.7 Å². The van der Waals surface area contributed by atoms with Gasteiger partial charge in [0.15, 0.2) is 5.01 Å². The van der Waals surface area contributed by atoms with Gasteiger partial charge in [0.05, 0.1) is 18.8 Å². The van der Waals surface area contributed by atoms with E-state index in [1.807, 2.05) is 0 Å². The minimum atomic E-state index is -2.64. The maximum absolute atomic E-state index is 14.5. The topological polar surface area (TPSA) is 119 Å². The largest absolute Gasteiger partial charge is 0.442 e. The molecule has 0 saturated carbocycles. The number of amides is 2. The van der Waals surface area contributed by atoms with Gasteiger partial charge in [0, 0.05) is 12.5 Å². The number of aromatic nitrogens is 2. The number of carbonyl (C=O) groups is 2. The molecule has 1 saturated heterocycles. The number of carbonyl (C=O) groups excluding carboxylic acids is 2. The van der Waals surface area contributed by atoms with Crippen LogP contribution in [-0.4, -0.2) is 49.8 Å². The molecular weight excluding hydrogens is 399 g/mol. The second-order valence-corrected chi connectivity index (χ2v) is 7.75. The highest BCUT2D eigenvalue weighted by atomic mass is 32.2. The summed E-state index contributed by atoms with van der Waals surface area (Å²) < 4.78 is 41.2. The van der Waals surface area contributed by atoms with Crippen LogP contribution in [0, 0.1) is 5.82 Å². The van der Waals surface area contributed by atoms with Gasteiger partial charge in [0.2, 0.25) is 5.91 Å². The Morgan fingerprint density at radius 2 is 2.22 bits per heavy atom. The molecule has 0 radical (unpaired) electrons. The highest BCUT2D eigenvalue weighted by Crippen LogP contribution is 2.30. The van der Waals surface area contributed by atoms with Gasteiger partial charge in [-0.15, -0.1) is 10.2 Å². The van der Waals surface area contributed by atoms with Gasteiger partial charge in [-0.1, -0.05) is 11.3 Å². The molecule has 0 bridgehead atoms. The van der Waals surface area contributed by atoms with Gasteiger partial charge in [0.1, 0.15) is 33.4 Å². The molecule has 1 aliphatic rings. The number of benzene rings is 1. The molecule has 9 nitrogen and oxygen atoms in total. The van der Waals surface area contributed by atoms with Crippen LogP contribution in [0.15, 0.2) is 18.2 Å².